The SMILES string of the molecule is C[C@@H]1CO[C@H](c2ccccc2)[C@H](C)N1C(=O)CCCNC(=O)C1CC1. The summed E-state index contributed by atoms with van der Waals surface area (Å²) in [4.78, 5) is 26.3. The molecule has 1 saturated carbocycles. The molecule has 136 valence electrons. The monoisotopic (exact) mass is 344 g/mol. The molecule has 1 N–H and O–H groups in total. The van der Waals surface area contributed by atoms with Crippen molar-refractivity contribution < 1.29 is 14.3 Å². The predicted octanol–water partition coefficient (Wildman–Crippen LogP) is 2.67. The first-order valence-electron chi connectivity index (χ1n) is 9.33. The van der Waals surface area contributed by atoms with Gasteiger partial charge in [-0.05, 0) is 38.7 Å². The van der Waals surface area contributed by atoms with Crippen molar-refractivity contribution in [3.05, 3.63) is 35.9 Å². The van der Waals surface area contributed by atoms with Gasteiger partial charge in [0.2, 0.25) is 11.8 Å². The van der Waals surface area contributed by atoms with E-state index in [-0.39, 0.29) is 35.9 Å². The predicted molar refractivity (Wildman–Crippen MR) is 95.9 cm³/mol. The Labute approximate surface area is 149 Å². The molecular formula is C20H28N2O3. The third-order valence-corrected chi connectivity index (χ3v) is 5.10. The van der Waals surface area contributed by atoms with Gasteiger partial charge in [0.1, 0.15) is 6.10 Å². The van der Waals surface area contributed by atoms with E-state index in [0.717, 1.165) is 18.4 Å². The topological polar surface area (TPSA) is 58.6 Å². The number of amides is 2. The molecule has 3 rings (SSSR count). The van der Waals surface area contributed by atoms with Gasteiger partial charge in [0, 0.05) is 18.9 Å². The summed E-state index contributed by atoms with van der Waals surface area (Å²) in [5, 5.41) is 2.93. The second kappa shape index (κ2) is 8.00. The molecule has 1 aliphatic carbocycles. The molecule has 0 unspecified atom stereocenters. The van der Waals surface area contributed by atoms with E-state index in [4.69, 9.17) is 4.74 Å². The molecule has 0 spiro atoms. The lowest BCUT2D eigenvalue weighted by molar-refractivity contribution is -0.153. The van der Waals surface area contributed by atoms with Crippen LogP contribution in [0.5, 0.6) is 0 Å². The fourth-order valence-electron chi connectivity index (χ4n) is 3.57. The molecule has 5 nitrogen and oxygen atoms in total. The second-order valence-corrected chi connectivity index (χ2v) is 7.22. The van der Waals surface area contributed by atoms with Gasteiger partial charge in [-0.25, -0.2) is 0 Å². The van der Waals surface area contributed by atoms with Crippen LogP contribution in [0.1, 0.15) is 51.2 Å². The number of benzene rings is 1. The molecule has 0 radical (unpaired) electrons. The Hall–Kier alpha value is -1.88. The van der Waals surface area contributed by atoms with Crippen LogP contribution in [0.4, 0.5) is 0 Å². The first kappa shape index (κ1) is 17.9. The number of carbonyl (C=O) groups excluding carboxylic acids is 2. The molecule has 1 heterocycles. The summed E-state index contributed by atoms with van der Waals surface area (Å²) in [7, 11) is 0. The van der Waals surface area contributed by atoms with Crippen molar-refractivity contribution in [2.45, 2.75) is 57.7 Å². The van der Waals surface area contributed by atoms with Gasteiger partial charge in [-0.1, -0.05) is 30.3 Å². The Bertz CT molecular complexity index is 600. The highest BCUT2D eigenvalue weighted by Gasteiger charge is 2.36. The number of ether oxygens (including phenoxy) is 1. The number of morpholine rings is 1. The summed E-state index contributed by atoms with van der Waals surface area (Å²) in [6, 6.07) is 10.2. The van der Waals surface area contributed by atoms with Gasteiger partial charge in [0.25, 0.3) is 0 Å². The smallest absolute Gasteiger partial charge is 0.223 e. The van der Waals surface area contributed by atoms with Crippen LogP contribution in [-0.4, -0.2) is 41.9 Å². The van der Waals surface area contributed by atoms with Gasteiger partial charge >= 0.3 is 0 Å². The quantitative estimate of drug-likeness (QED) is 0.807. The first-order valence-corrected chi connectivity index (χ1v) is 9.33. The van der Waals surface area contributed by atoms with Crippen molar-refractivity contribution in [2.24, 2.45) is 5.92 Å². The van der Waals surface area contributed by atoms with Crippen LogP contribution in [-0.2, 0) is 14.3 Å². The summed E-state index contributed by atoms with van der Waals surface area (Å²) >= 11 is 0. The molecule has 0 aromatic heterocycles. The highest BCUT2D eigenvalue weighted by Crippen LogP contribution is 2.31. The van der Waals surface area contributed by atoms with Gasteiger partial charge in [0.05, 0.1) is 18.7 Å². The number of hydrogen-bond acceptors (Lipinski definition) is 3. The maximum absolute atomic E-state index is 12.7. The van der Waals surface area contributed by atoms with Crippen molar-refractivity contribution in [3.63, 3.8) is 0 Å². The van der Waals surface area contributed by atoms with Crippen molar-refractivity contribution in [2.75, 3.05) is 13.2 Å². The maximum Gasteiger partial charge on any atom is 0.223 e. The minimum Gasteiger partial charge on any atom is -0.369 e. The molecule has 2 aliphatic rings. The lowest BCUT2D eigenvalue weighted by Crippen LogP contribution is -2.53. The molecule has 1 aliphatic heterocycles. The van der Waals surface area contributed by atoms with E-state index < -0.39 is 0 Å². The van der Waals surface area contributed by atoms with Crippen molar-refractivity contribution >= 4 is 11.8 Å². The zero-order valence-electron chi connectivity index (χ0n) is 15.1. The number of carbonyl (C=O) groups is 2. The summed E-state index contributed by atoms with van der Waals surface area (Å²) in [5.74, 6) is 0.510. The van der Waals surface area contributed by atoms with Gasteiger partial charge in [-0.15, -0.1) is 0 Å². The molecule has 0 bridgehead atoms. The van der Waals surface area contributed by atoms with Crippen molar-refractivity contribution in [1.29, 1.82) is 0 Å². The molecule has 1 aromatic carbocycles. The van der Waals surface area contributed by atoms with Crippen LogP contribution in [0.25, 0.3) is 0 Å². The lowest BCUT2D eigenvalue weighted by Gasteiger charge is -2.44. The molecule has 1 aromatic rings. The van der Waals surface area contributed by atoms with Crippen LogP contribution >= 0.6 is 0 Å². The molecule has 2 amide bonds. The van der Waals surface area contributed by atoms with Crippen LogP contribution in [0, 0.1) is 5.92 Å². The van der Waals surface area contributed by atoms with E-state index in [9.17, 15) is 9.59 Å². The Balaban J connectivity index is 1.53. The number of nitrogens with zero attached hydrogens (tertiary/aromatic N) is 1. The summed E-state index contributed by atoms with van der Waals surface area (Å²) in [6.45, 7) is 5.22. The van der Waals surface area contributed by atoms with Gasteiger partial charge in [-0.3, -0.25) is 9.59 Å². The molecule has 5 heteroatoms. The van der Waals surface area contributed by atoms with E-state index in [1.165, 1.54) is 0 Å². The average Bonchev–Trinajstić information content (AvgIpc) is 3.44. The van der Waals surface area contributed by atoms with Crippen LogP contribution in [0.15, 0.2) is 30.3 Å². The summed E-state index contributed by atoms with van der Waals surface area (Å²) < 4.78 is 6.01. The number of nitrogens with one attached hydrogen (secondary N) is 1. The molecular weight excluding hydrogens is 316 g/mol. The zero-order valence-corrected chi connectivity index (χ0v) is 15.1. The number of hydrogen-bond donors (Lipinski definition) is 1. The zero-order chi connectivity index (χ0) is 17.8. The minimum absolute atomic E-state index is 0.000273. The Kier molecular flexibility index (Phi) is 5.74. The molecule has 3 atom stereocenters. The Morgan fingerprint density at radius 1 is 1.20 bits per heavy atom. The van der Waals surface area contributed by atoms with E-state index in [2.05, 4.69) is 12.2 Å². The van der Waals surface area contributed by atoms with E-state index in [0.29, 0.717) is 26.0 Å². The van der Waals surface area contributed by atoms with E-state index in [1.54, 1.807) is 0 Å². The fourth-order valence-corrected chi connectivity index (χ4v) is 3.57. The third kappa shape index (κ3) is 4.40. The fraction of sp³-hybridized carbons (Fsp3) is 0.600. The normalized spacial score (nSPS) is 26.3. The first-order chi connectivity index (χ1) is 12.1. The minimum atomic E-state index is -0.0871. The second-order valence-electron chi connectivity index (χ2n) is 7.22. The molecule has 2 fully saturated rings. The maximum atomic E-state index is 12.7. The van der Waals surface area contributed by atoms with Crippen molar-refractivity contribution in [1.82, 2.24) is 10.2 Å². The summed E-state index contributed by atoms with van der Waals surface area (Å²) in [5.41, 5.74) is 1.11. The summed E-state index contributed by atoms with van der Waals surface area (Å²) in [6.07, 6.45) is 3.07. The van der Waals surface area contributed by atoms with Crippen LogP contribution < -0.4 is 5.32 Å². The average molecular weight is 344 g/mol. The standard InChI is InChI=1S/C20H28N2O3/c1-14-13-25-19(16-7-4-3-5-8-16)15(2)22(14)18(23)9-6-12-21-20(24)17-10-11-17/h3-5,7-8,14-15,17,19H,6,9-13H2,1-2H3,(H,21,24)/t14-,15+,19+/m1/s1. The van der Waals surface area contributed by atoms with Gasteiger partial charge in [0.15, 0.2) is 0 Å². The van der Waals surface area contributed by atoms with Crippen LogP contribution in [0.2, 0.25) is 0 Å². The lowest BCUT2D eigenvalue weighted by atomic mass is 9.98. The molecule has 25 heavy (non-hydrogen) atoms. The van der Waals surface area contributed by atoms with E-state index >= 15 is 0 Å². The van der Waals surface area contributed by atoms with Crippen molar-refractivity contribution in [3.8, 4) is 0 Å². The Morgan fingerprint density at radius 3 is 2.60 bits per heavy atom. The number of rotatable bonds is 6. The highest BCUT2D eigenvalue weighted by atomic mass is 16.5. The highest BCUT2D eigenvalue weighted by molar-refractivity contribution is 5.81. The van der Waals surface area contributed by atoms with Gasteiger partial charge < -0.3 is 15.0 Å². The third-order valence-electron chi connectivity index (χ3n) is 5.10. The largest absolute Gasteiger partial charge is 0.369 e. The van der Waals surface area contributed by atoms with Crippen LogP contribution in [0.3, 0.4) is 0 Å². The Morgan fingerprint density at radius 2 is 1.92 bits per heavy atom. The van der Waals surface area contributed by atoms with E-state index in [1.807, 2.05) is 42.2 Å². The molecule has 1 saturated heterocycles. The van der Waals surface area contributed by atoms with Gasteiger partial charge in [-0.2, -0.15) is 0 Å².